The van der Waals surface area contributed by atoms with Crippen molar-refractivity contribution in [3.8, 4) is 0 Å². The monoisotopic (exact) mass is 376 g/mol. The summed E-state index contributed by atoms with van der Waals surface area (Å²) in [7, 11) is 1.60. The van der Waals surface area contributed by atoms with E-state index in [2.05, 4.69) is 10.4 Å². The minimum atomic E-state index is -0.240. The molecule has 0 radical (unpaired) electrons. The summed E-state index contributed by atoms with van der Waals surface area (Å²) >= 11 is 0. The van der Waals surface area contributed by atoms with E-state index in [-0.39, 0.29) is 29.5 Å². The van der Waals surface area contributed by atoms with Crippen molar-refractivity contribution in [2.75, 3.05) is 20.2 Å². The van der Waals surface area contributed by atoms with Gasteiger partial charge in [-0.3, -0.25) is 14.3 Å². The van der Waals surface area contributed by atoms with Crippen molar-refractivity contribution < 1.29 is 14.3 Å². The smallest absolute Gasteiger partial charge is 0.274 e. The summed E-state index contributed by atoms with van der Waals surface area (Å²) < 4.78 is 7.30. The lowest BCUT2D eigenvalue weighted by atomic mass is 10.1. The lowest BCUT2D eigenvalue weighted by Gasteiger charge is -2.19. The zero-order chi connectivity index (χ0) is 20.4. The molecule has 1 N–H and O–H groups in total. The molecule has 0 aliphatic carbocycles. The van der Waals surface area contributed by atoms with E-state index in [1.807, 2.05) is 47.7 Å². The topological polar surface area (TPSA) is 76.5 Å². The van der Waals surface area contributed by atoms with Crippen LogP contribution in [0, 0.1) is 0 Å². The highest BCUT2D eigenvalue weighted by molar-refractivity contribution is 5.94. The van der Waals surface area contributed by atoms with E-state index >= 15 is 0 Å². The second-order valence-corrected chi connectivity index (χ2v) is 8.14. The molecule has 2 heterocycles. The Balaban J connectivity index is 2.10. The van der Waals surface area contributed by atoms with E-state index in [0.717, 1.165) is 17.6 Å². The van der Waals surface area contributed by atoms with Crippen LogP contribution in [0.2, 0.25) is 0 Å². The van der Waals surface area contributed by atoms with Gasteiger partial charge in [0.2, 0.25) is 5.91 Å². The molecule has 1 aliphatic heterocycles. The molecule has 2 rings (SSSR count). The first kappa shape index (κ1) is 21.2. The normalized spacial score (nSPS) is 21.2. The molecular formula is C20H32N4O3. The fourth-order valence-electron chi connectivity index (χ4n) is 3.03. The predicted molar refractivity (Wildman–Crippen MR) is 105 cm³/mol. The fourth-order valence-corrected chi connectivity index (χ4v) is 3.03. The Morgan fingerprint density at radius 2 is 1.96 bits per heavy atom. The van der Waals surface area contributed by atoms with Crippen molar-refractivity contribution in [1.29, 1.82) is 0 Å². The van der Waals surface area contributed by atoms with Crippen molar-refractivity contribution in [2.45, 2.75) is 65.6 Å². The van der Waals surface area contributed by atoms with Crippen LogP contribution in [0.5, 0.6) is 0 Å². The number of amides is 2. The number of aromatic nitrogens is 2. The van der Waals surface area contributed by atoms with Gasteiger partial charge in [-0.2, -0.15) is 5.10 Å². The highest BCUT2D eigenvalue weighted by atomic mass is 16.5. The summed E-state index contributed by atoms with van der Waals surface area (Å²) in [6, 6.07) is 1.49. The van der Waals surface area contributed by atoms with E-state index in [4.69, 9.17) is 4.74 Å². The van der Waals surface area contributed by atoms with Gasteiger partial charge in [-0.1, -0.05) is 12.5 Å². The first-order chi connectivity index (χ1) is 12.6. The van der Waals surface area contributed by atoms with Crippen LogP contribution in [0.3, 0.4) is 0 Å². The van der Waals surface area contributed by atoms with Crippen LogP contribution in [0.4, 0.5) is 0 Å². The maximum Gasteiger partial charge on any atom is 0.274 e. The maximum absolute atomic E-state index is 12.8. The Kier molecular flexibility index (Phi) is 6.46. The molecule has 1 aromatic rings. The van der Waals surface area contributed by atoms with Crippen LogP contribution in [-0.4, -0.2) is 58.8 Å². The Hall–Kier alpha value is -2.15. The third-order valence-electron chi connectivity index (χ3n) is 5.18. The van der Waals surface area contributed by atoms with Crippen LogP contribution >= 0.6 is 0 Å². The molecule has 0 unspecified atom stereocenters. The molecule has 7 heteroatoms. The first-order valence-electron chi connectivity index (χ1n) is 9.43. The van der Waals surface area contributed by atoms with Crippen LogP contribution in [-0.2, 0) is 15.1 Å². The van der Waals surface area contributed by atoms with Gasteiger partial charge in [0.15, 0.2) is 0 Å². The molecule has 0 aromatic carbocycles. The number of hydrogen-bond acceptors (Lipinski definition) is 4. The molecule has 2 atom stereocenters. The second kappa shape index (κ2) is 8.25. The third-order valence-corrected chi connectivity index (χ3v) is 5.18. The lowest BCUT2D eigenvalue weighted by Crippen LogP contribution is -2.44. The molecule has 150 valence electrons. The zero-order valence-electron chi connectivity index (χ0n) is 17.5. The van der Waals surface area contributed by atoms with Crippen LogP contribution in [0.15, 0.2) is 23.4 Å². The number of methoxy groups -OCH3 is 1. The number of rotatable bonds is 5. The van der Waals surface area contributed by atoms with Gasteiger partial charge in [-0.05, 0) is 47.1 Å². The number of allylic oxidation sites excluding steroid dienone is 1. The van der Waals surface area contributed by atoms with Gasteiger partial charge in [0.05, 0.1) is 17.7 Å². The van der Waals surface area contributed by atoms with Crippen molar-refractivity contribution >= 4 is 11.8 Å². The standard InChI is InChI=1S/C20H32N4O3/c1-8-13(2)14(3)18(25)21-16-11-23(12-17(16)27-7)19(26)15-9-10-24(22-15)20(4,5)6/h9-10,16-17H,8,11-12H2,1-7H3,(H,21,25)/b14-13+/t16-,17+/m1/s1. The number of nitrogens with zero attached hydrogens (tertiary/aromatic N) is 3. The average Bonchev–Trinajstić information content (AvgIpc) is 3.26. The number of carbonyl (C=O) groups is 2. The Labute approximate surface area is 161 Å². The lowest BCUT2D eigenvalue weighted by molar-refractivity contribution is -0.118. The summed E-state index contributed by atoms with van der Waals surface area (Å²) in [5.74, 6) is -0.249. The highest BCUT2D eigenvalue weighted by Gasteiger charge is 2.37. The number of nitrogens with one attached hydrogen (secondary N) is 1. The Morgan fingerprint density at radius 1 is 1.30 bits per heavy atom. The molecule has 0 spiro atoms. The molecule has 1 aliphatic rings. The number of likely N-dealkylation sites (tertiary alicyclic amines) is 1. The summed E-state index contributed by atoms with van der Waals surface area (Å²) in [5.41, 5.74) is 2.00. The molecule has 7 nitrogen and oxygen atoms in total. The summed E-state index contributed by atoms with van der Waals surface area (Å²) in [5, 5.41) is 7.43. The van der Waals surface area contributed by atoms with E-state index in [9.17, 15) is 9.59 Å². The average molecular weight is 377 g/mol. The molecular weight excluding hydrogens is 344 g/mol. The van der Waals surface area contributed by atoms with Crippen LogP contribution in [0.25, 0.3) is 0 Å². The quantitative estimate of drug-likeness (QED) is 0.800. The highest BCUT2D eigenvalue weighted by Crippen LogP contribution is 2.19. The summed E-state index contributed by atoms with van der Waals surface area (Å²) in [6.45, 7) is 12.7. The van der Waals surface area contributed by atoms with Crippen LogP contribution < -0.4 is 5.32 Å². The molecule has 0 bridgehead atoms. The van der Waals surface area contributed by atoms with Crippen molar-refractivity contribution in [3.05, 3.63) is 29.1 Å². The zero-order valence-corrected chi connectivity index (χ0v) is 17.5. The van der Waals surface area contributed by atoms with Crippen LogP contribution in [0.1, 0.15) is 58.5 Å². The second-order valence-electron chi connectivity index (χ2n) is 8.14. The van der Waals surface area contributed by atoms with E-state index in [0.29, 0.717) is 18.8 Å². The minimum Gasteiger partial charge on any atom is -0.377 e. The fraction of sp³-hybridized carbons (Fsp3) is 0.650. The largest absolute Gasteiger partial charge is 0.377 e. The first-order valence-corrected chi connectivity index (χ1v) is 9.43. The van der Waals surface area contributed by atoms with Crippen molar-refractivity contribution in [1.82, 2.24) is 20.0 Å². The van der Waals surface area contributed by atoms with Gasteiger partial charge < -0.3 is 15.0 Å². The molecule has 27 heavy (non-hydrogen) atoms. The number of carbonyl (C=O) groups excluding carboxylic acids is 2. The van der Waals surface area contributed by atoms with E-state index < -0.39 is 0 Å². The van der Waals surface area contributed by atoms with E-state index in [1.165, 1.54) is 0 Å². The minimum absolute atomic E-state index is 0.104. The van der Waals surface area contributed by atoms with Gasteiger partial charge in [0.25, 0.3) is 5.91 Å². The maximum atomic E-state index is 12.8. The molecule has 0 saturated carbocycles. The molecule has 1 saturated heterocycles. The van der Waals surface area contributed by atoms with Gasteiger partial charge >= 0.3 is 0 Å². The van der Waals surface area contributed by atoms with Gasteiger partial charge in [-0.25, -0.2) is 0 Å². The molecule has 1 fully saturated rings. The number of hydrogen-bond donors (Lipinski definition) is 1. The van der Waals surface area contributed by atoms with Gasteiger partial charge in [-0.15, -0.1) is 0 Å². The van der Waals surface area contributed by atoms with Crippen molar-refractivity contribution in [3.63, 3.8) is 0 Å². The predicted octanol–water partition coefficient (Wildman–Crippen LogP) is 2.34. The van der Waals surface area contributed by atoms with Crippen molar-refractivity contribution in [2.24, 2.45) is 0 Å². The van der Waals surface area contributed by atoms with Gasteiger partial charge in [0.1, 0.15) is 5.69 Å². The Bertz CT molecular complexity index is 730. The summed E-state index contributed by atoms with van der Waals surface area (Å²) in [6.07, 6.45) is 2.41. The molecule has 1 aromatic heterocycles. The Morgan fingerprint density at radius 3 is 2.48 bits per heavy atom. The summed E-state index contributed by atoms with van der Waals surface area (Å²) in [4.78, 5) is 27.0. The third kappa shape index (κ3) is 4.77. The number of ether oxygens (including phenoxy) is 1. The SMILES string of the molecule is CC/C(C)=C(\C)C(=O)N[C@@H]1CN(C(=O)c2ccn(C(C)(C)C)n2)C[C@@H]1OC. The van der Waals surface area contributed by atoms with Gasteiger partial charge in [0, 0.05) is 32.0 Å². The molecule has 2 amide bonds. The van der Waals surface area contributed by atoms with E-state index in [1.54, 1.807) is 22.8 Å².